The van der Waals surface area contributed by atoms with Crippen LogP contribution in [0.15, 0.2) is 29.2 Å². The Bertz CT molecular complexity index is 875. The van der Waals surface area contributed by atoms with Gasteiger partial charge < -0.3 is 14.2 Å². The fourth-order valence-corrected chi connectivity index (χ4v) is 6.38. The zero-order valence-electron chi connectivity index (χ0n) is 18.7. The molecule has 3 atom stereocenters. The Kier molecular flexibility index (Phi) is 6.35. The number of piperidine rings is 1. The molecule has 2 aliphatic rings. The summed E-state index contributed by atoms with van der Waals surface area (Å²) in [4.78, 5) is 12.9. The molecule has 0 radical (unpaired) electrons. The lowest BCUT2D eigenvalue weighted by Crippen LogP contribution is -2.63. The number of rotatable bonds is 6. The number of benzene rings is 1. The maximum absolute atomic E-state index is 13.6. The molecule has 1 aromatic rings. The minimum Gasteiger partial charge on any atom is -0.469 e. The molecule has 0 unspecified atom stereocenters. The summed E-state index contributed by atoms with van der Waals surface area (Å²) in [5.41, 5.74) is -0.154. The van der Waals surface area contributed by atoms with Crippen molar-refractivity contribution in [3.8, 4) is 0 Å². The molecule has 0 N–H and O–H groups in total. The highest BCUT2D eigenvalue weighted by Crippen LogP contribution is 2.46. The molecule has 30 heavy (non-hydrogen) atoms. The summed E-state index contributed by atoms with van der Waals surface area (Å²) in [5, 5.41) is 0. The number of carbonyl (C=O) groups is 1. The van der Waals surface area contributed by atoms with Gasteiger partial charge in [0.1, 0.15) is 6.10 Å². The van der Waals surface area contributed by atoms with Crippen LogP contribution in [0.1, 0.15) is 52.5 Å². The SMILES string of the molecule is CCC1(CC)O[C@@H]2[C@@H](CCN(S(=O)(=O)c3ccc(C)cc3)[C@H]2C(C)(C)C(=O)OC)O1. The molecule has 2 fully saturated rings. The number of sulfonamides is 1. The standard InChI is InChI=1S/C22H33NO6S/c1-7-22(8-2)28-17-13-14-23(30(25,26)16-11-9-15(3)10-12-16)19(18(17)29-22)21(4,5)20(24)27-6/h9-12,17-19H,7-8,13-14H2,1-6H3/t17-,18-,19-/m1/s1. The third kappa shape index (κ3) is 3.79. The van der Waals surface area contributed by atoms with Crippen LogP contribution in [-0.2, 0) is 29.0 Å². The molecule has 1 aromatic carbocycles. The maximum atomic E-state index is 13.6. The maximum Gasteiger partial charge on any atom is 0.312 e. The van der Waals surface area contributed by atoms with Crippen molar-refractivity contribution in [2.45, 2.75) is 82.8 Å². The highest BCUT2D eigenvalue weighted by atomic mass is 32.2. The Balaban J connectivity index is 2.08. The molecule has 0 spiro atoms. The summed E-state index contributed by atoms with van der Waals surface area (Å²) in [7, 11) is -2.54. The lowest BCUT2D eigenvalue weighted by atomic mass is 9.77. The van der Waals surface area contributed by atoms with Crippen molar-refractivity contribution in [1.29, 1.82) is 0 Å². The zero-order chi connectivity index (χ0) is 22.3. The number of aryl methyl sites for hydroxylation is 1. The highest BCUT2D eigenvalue weighted by Gasteiger charge is 2.60. The van der Waals surface area contributed by atoms with E-state index in [2.05, 4.69) is 0 Å². The number of hydrogen-bond donors (Lipinski definition) is 0. The van der Waals surface area contributed by atoms with Gasteiger partial charge >= 0.3 is 5.97 Å². The van der Waals surface area contributed by atoms with Crippen LogP contribution in [0.2, 0.25) is 0 Å². The van der Waals surface area contributed by atoms with Gasteiger partial charge in [0.15, 0.2) is 5.79 Å². The summed E-state index contributed by atoms with van der Waals surface area (Å²) in [6.45, 7) is 9.55. The highest BCUT2D eigenvalue weighted by molar-refractivity contribution is 7.89. The second-order valence-corrected chi connectivity index (χ2v) is 10.6. The summed E-state index contributed by atoms with van der Waals surface area (Å²) in [6, 6.07) is 6.00. The number of methoxy groups -OCH3 is 1. The topological polar surface area (TPSA) is 82.1 Å². The van der Waals surface area contributed by atoms with Crippen LogP contribution in [-0.4, -0.2) is 56.4 Å². The van der Waals surface area contributed by atoms with E-state index in [-0.39, 0.29) is 17.5 Å². The van der Waals surface area contributed by atoms with Crippen LogP contribution in [0.3, 0.4) is 0 Å². The quantitative estimate of drug-likeness (QED) is 0.633. The van der Waals surface area contributed by atoms with Crippen LogP contribution in [0.5, 0.6) is 0 Å². The first-order valence-electron chi connectivity index (χ1n) is 10.5. The Labute approximate surface area is 179 Å². The summed E-state index contributed by atoms with van der Waals surface area (Å²) < 4.78 is 46.4. The molecule has 0 aromatic heterocycles. The largest absolute Gasteiger partial charge is 0.469 e. The fourth-order valence-electron chi connectivity index (χ4n) is 4.60. The lowest BCUT2D eigenvalue weighted by Gasteiger charge is -2.46. The summed E-state index contributed by atoms with van der Waals surface area (Å²) >= 11 is 0. The smallest absolute Gasteiger partial charge is 0.312 e. The molecule has 0 bridgehead atoms. The van der Waals surface area contributed by atoms with Crippen molar-refractivity contribution < 1.29 is 27.4 Å². The van der Waals surface area contributed by atoms with Gasteiger partial charge in [-0.25, -0.2) is 8.42 Å². The summed E-state index contributed by atoms with van der Waals surface area (Å²) in [6.07, 6.45) is 0.959. The van der Waals surface area contributed by atoms with Crippen molar-refractivity contribution in [2.24, 2.45) is 5.41 Å². The molecule has 8 heteroatoms. The van der Waals surface area contributed by atoms with E-state index >= 15 is 0 Å². The number of hydrogen-bond acceptors (Lipinski definition) is 6. The Morgan fingerprint density at radius 3 is 2.33 bits per heavy atom. The Morgan fingerprint density at radius 2 is 1.80 bits per heavy atom. The van der Waals surface area contributed by atoms with Gasteiger partial charge in [-0.05, 0) is 52.2 Å². The van der Waals surface area contributed by atoms with Crippen LogP contribution in [0.25, 0.3) is 0 Å². The third-order valence-corrected chi connectivity index (χ3v) is 8.39. The Morgan fingerprint density at radius 1 is 1.20 bits per heavy atom. The van der Waals surface area contributed by atoms with Gasteiger partial charge in [-0.3, -0.25) is 4.79 Å². The molecule has 0 amide bonds. The minimum absolute atomic E-state index is 0.202. The average Bonchev–Trinajstić information content (AvgIpc) is 3.12. The first-order chi connectivity index (χ1) is 14.0. The molecule has 2 aliphatic heterocycles. The van der Waals surface area contributed by atoms with Gasteiger partial charge in [-0.1, -0.05) is 31.5 Å². The normalized spacial score (nSPS) is 26.9. The molecule has 0 aliphatic carbocycles. The second-order valence-electron chi connectivity index (χ2n) is 8.73. The molecule has 2 saturated heterocycles. The van der Waals surface area contributed by atoms with Gasteiger partial charge in [-0.15, -0.1) is 0 Å². The van der Waals surface area contributed by atoms with Gasteiger partial charge in [0, 0.05) is 6.54 Å². The van der Waals surface area contributed by atoms with E-state index in [4.69, 9.17) is 14.2 Å². The molecule has 0 saturated carbocycles. The van der Waals surface area contributed by atoms with Crippen LogP contribution in [0, 0.1) is 12.3 Å². The van der Waals surface area contributed by atoms with E-state index in [1.54, 1.807) is 38.1 Å². The molecule has 7 nitrogen and oxygen atoms in total. The van der Waals surface area contributed by atoms with E-state index in [1.807, 2.05) is 20.8 Å². The fraction of sp³-hybridized carbons (Fsp3) is 0.682. The molecule has 2 heterocycles. The predicted octanol–water partition coefficient (Wildman–Crippen LogP) is 3.26. The van der Waals surface area contributed by atoms with Crippen molar-refractivity contribution >= 4 is 16.0 Å². The number of fused-ring (bicyclic) bond motifs is 1. The van der Waals surface area contributed by atoms with Gasteiger partial charge in [0.2, 0.25) is 10.0 Å². The Hall–Kier alpha value is -1.48. The predicted molar refractivity (Wildman–Crippen MR) is 112 cm³/mol. The van der Waals surface area contributed by atoms with Crippen LogP contribution in [0.4, 0.5) is 0 Å². The van der Waals surface area contributed by atoms with Gasteiger partial charge in [-0.2, -0.15) is 4.31 Å². The second kappa shape index (κ2) is 8.22. The van der Waals surface area contributed by atoms with Crippen molar-refractivity contribution in [1.82, 2.24) is 4.31 Å². The number of ether oxygens (including phenoxy) is 3. The van der Waals surface area contributed by atoms with E-state index in [1.165, 1.54) is 11.4 Å². The molecule has 168 valence electrons. The minimum atomic E-state index is -3.85. The van der Waals surface area contributed by atoms with E-state index in [0.717, 1.165) is 5.56 Å². The first-order valence-corrected chi connectivity index (χ1v) is 12.0. The van der Waals surface area contributed by atoms with Gasteiger partial charge in [0.25, 0.3) is 0 Å². The van der Waals surface area contributed by atoms with Gasteiger partial charge in [0.05, 0.1) is 29.6 Å². The van der Waals surface area contributed by atoms with Crippen LogP contribution >= 0.6 is 0 Å². The number of carbonyl (C=O) groups excluding carboxylic acids is 1. The van der Waals surface area contributed by atoms with Crippen molar-refractivity contribution in [3.05, 3.63) is 29.8 Å². The van der Waals surface area contributed by atoms with E-state index in [0.29, 0.717) is 19.3 Å². The van der Waals surface area contributed by atoms with Crippen molar-refractivity contribution in [3.63, 3.8) is 0 Å². The average molecular weight is 440 g/mol. The van der Waals surface area contributed by atoms with Crippen LogP contribution < -0.4 is 0 Å². The number of nitrogens with zero attached hydrogens (tertiary/aromatic N) is 1. The summed E-state index contributed by atoms with van der Waals surface area (Å²) in [5.74, 6) is -1.24. The lowest BCUT2D eigenvalue weighted by molar-refractivity contribution is -0.185. The monoisotopic (exact) mass is 439 g/mol. The van der Waals surface area contributed by atoms with E-state index < -0.39 is 39.3 Å². The molecule has 3 rings (SSSR count). The first kappa shape index (κ1) is 23.2. The molecular weight excluding hydrogens is 406 g/mol. The van der Waals surface area contributed by atoms with E-state index in [9.17, 15) is 13.2 Å². The van der Waals surface area contributed by atoms with Crippen molar-refractivity contribution in [2.75, 3.05) is 13.7 Å². The molecular formula is C22H33NO6S. The third-order valence-electron chi connectivity index (χ3n) is 6.49. The number of esters is 1. The zero-order valence-corrected chi connectivity index (χ0v) is 19.5.